The number of carbonyl (C=O) groups is 2. The Balaban J connectivity index is 1.84. The van der Waals surface area contributed by atoms with Gasteiger partial charge < -0.3 is 10.6 Å². The first-order valence-corrected chi connectivity index (χ1v) is 7.89. The lowest BCUT2D eigenvalue weighted by atomic mass is 10.1. The molecule has 0 spiro atoms. The topological polar surface area (TPSA) is 58.2 Å². The van der Waals surface area contributed by atoms with Crippen LogP contribution in [-0.4, -0.2) is 18.4 Å². The van der Waals surface area contributed by atoms with Gasteiger partial charge in [-0.2, -0.15) is 0 Å². The molecule has 23 heavy (non-hydrogen) atoms. The van der Waals surface area contributed by atoms with E-state index in [-0.39, 0.29) is 18.4 Å². The van der Waals surface area contributed by atoms with Gasteiger partial charge in [0, 0.05) is 16.3 Å². The van der Waals surface area contributed by atoms with E-state index in [9.17, 15) is 9.59 Å². The third-order valence-electron chi connectivity index (χ3n) is 3.27. The average Bonchev–Trinajstić information content (AvgIpc) is 2.55. The number of halogens is 1. The highest BCUT2D eigenvalue weighted by Gasteiger charge is 2.08. The van der Waals surface area contributed by atoms with E-state index in [2.05, 4.69) is 17.6 Å². The number of carbonyl (C=O) groups excluding carboxylic acids is 2. The molecule has 5 heteroatoms. The van der Waals surface area contributed by atoms with Gasteiger partial charge in [-0.3, -0.25) is 9.59 Å². The van der Waals surface area contributed by atoms with Gasteiger partial charge in [0.2, 0.25) is 5.91 Å². The highest BCUT2D eigenvalue weighted by Crippen LogP contribution is 2.11. The van der Waals surface area contributed by atoms with Crippen molar-refractivity contribution >= 4 is 29.1 Å². The lowest BCUT2D eigenvalue weighted by Crippen LogP contribution is -2.32. The molecule has 120 valence electrons. The van der Waals surface area contributed by atoms with Crippen LogP contribution in [0, 0.1) is 0 Å². The molecule has 0 fully saturated rings. The minimum atomic E-state index is -0.332. The first-order valence-electron chi connectivity index (χ1n) is 7.51. The summed E-state index contributed by atoms with van der Waals surface area (Å²) in [4.78, 5) is 23.8. The predicted molar refractivity (Wildman–Crippen MR) is 92.9 cm³/mol. The van der Waals surface area contributed by atoms with Gasteiger partial charge >= 0.3 is 0 Å². The highest BCUT2D eigenvalue weighted by atomic mass is 35.5. The summed E-state index contributed by atoms with van der Waals surface area (Å²) in [7, 11) is 0. The maximum Gasteiger partial charge on any atom is 0.251 e. The van der Waals surface area contributed by atoms with Crippen LogP contribution in [0.1, 0.15) is 29.3 Å². The fourth-order valence-corrected chi connectivity index (χ4v) is 2.33. The SMILES string of the molecule is CCCc1ccc(NC(=O)CNC(=O)c2cccc(Cl)c2)cc1. The fourth-order valence-electron chi connectivity index (χ4n) is 2.14. The van der Waals surface area contributed by atoms with Crippen molar-refractivity contribution in [1.82, 2.24) is 5.32 Å². The van der Waals surface area contributed by atoms with Crippen molar-refractivity contribution in [3.05, 3.63) is 64.7 Å². The number of aryl methyl sites for hydroxylation is 1. The summed E-state index contributed by atoms with van der Waals surface area (Å²) >= 11 is 5.83. The number of hydrogen-bond acceptors (Lipinski definition) is 2. The molecule has 4 nitrogen and oxygen atoms in total. The number of anilines is 1. The van der Waals surface area contributed by atoms with E-state index < -0.39 is 0 Å². The molecule has 0 saturated heterocycles. The van der Waals surface area contributed by atoms with Crippen molar-refractivity contribution in [2.45, 2.75) is 19.8 Å². The summed E-state index contributed by atoms with van der Waals surface area (Å²) in [5.74, 6) is -0.607. The van der Waals surface area contributed by atoms with Gasteiger partial charge in [-0.05, 0) is 42.3 Å². The smallest absolute Gasteiger partial charge is 0.251 e. The van der Waals surface area contributed by atoms with Crippen LogP contribution in [0.15, 0.2) is 48.5 Å². The number of hydrogen-bond donors (Lipinski definition) is 2. The monoisotopic (exact) mass is 330 g/mol. The zero-order valence-electron chi connectivity index (χ0n) is 12.9. The molecule has 0 heterocycles. The summed E-state index contributed by atoms with van der Waals surface area (Å²) in [5.41, 5.74) is 2.38. The molecular weight excluding hydrogens is 312 g/mol. The molecule has 0 aromatic heterocycles. The van der Waals surface area contributed by atoms with Crippen LogP contribution in [0.2, 0.25) is 5.02 Å². The Morgan fingerprint density at radius 2 is 1.83 bits per heavy atom. The van der Waals surface area contributed by atoms with Crippen molar-refractivity contribution in [2.75, 3.05) is 11.9 Å². The van der Waals surface area contributed by atoms with Gasteiger partial charge in [0.1, 0.15) is 0 Å². The molecule has 0 atom stereocenters. The van der Waals surface area contributed by atoms with E-state index in [1.54, 1.807) is 24.3 Å². The molecule has 2 N–H and O–H groups in total. The molecule has 0 bridgehead atoms. The van der Waals surface area contributed by atoms with Gasteiger partial charge in [-0.25, -0.2) is 0 Å². The van der Waals surface area contributed by atoms with Crippen LogP contribution in [0.5, 0.6) is 0 Å². The summed E-state index contributed by atoms with van der Waals surface area (Å²) in [6.45, 7) is 2.03. The zero-order valence-corrected chi connectivity index (χ0v) is 13.7. The Morgan fingerprint density at radius 1 is 1.09 bits per heavy atom. The molecule has 0 radical (unpaired) electrons. The molecule has 2 aromatic carbocycles. The summed E-state index contributed by atoms with van der Waals surface area (Å²) in [6, 6.07) is 14.3. The lowest BCUT2D eigenvalue weighted by Gasteiger charge is -2.08. The number of amides is 2. The average molecular weight is 331 g/mol. The molecule has 0 aliphatic heterocycles. The van der Waals surface area contributed by atoms with Crippen LogP contribution >= 0.6 is 11.6 Å². The van der Waals surface area contributed by atoms with Gasteiger partial charge in [0.15, 0.2) is 0 Å². The molecule has 0 unspecified atom stereocenters. The maximum absolute atomic E-state index is 11.9. The standard InChI is InChI=1S/C18H19ClN2O2/c1-2-4-13-7-9-16(10-8-13)21-17(22)12-20-18(23)14-5-3-6-15(19)11-14/h3,5-11H,2,4,12H2,1H3,(H,20,23)(H,21,22). The molecule has 2 aromatic rings. The van der Waals surface area contributed by atoms with Crippen molar-refractivity contribution < 1.29 is 9.59 Å². The summed E-state index contributed by atoms with van der Waals surface area (Å²) < 4.78 is 0. The van der Waals surface area contributed by atoms with Crippen LogP contribution < -0.4 is 10.6 Å². The van der Waals surface area contributed by atoms with Crippen molar-refractivity contribution in [1.29, 1.82) is 0 Å². The molecule has 0 saturated carbocycles. The highest BCUT2D eigenvalue weighted by molar-refractivity contribution is 6.31. The van der Waals surface area contributed by atoms with Crippen molar-refractivity contribution in [2.24, 2.45) is 0 Å². The summed E-state index contributed by atoms with van der Waals surface area (Å²) in [5, 5.41) is 5.80. The van der Waals surface area contributed by atoms with E-state index in [4.69, 9.17) is 11.6 Å². The largest absolute Gasteiger partial charge is 0.343 e. The number of benzene rings is 2. The second kappa shape index (κ2) is 8.34. The van der Waals surface area contributed by atoms with E-state index in [0.717, 1.165) is 12.8 Å². The maximum atomic E-state index is 11.9. The van der Waals surface area contributed by atoms with Crippen LogP contribution in [0.25, 0.3) is 0 Å². The Bertz CT molecular complexity index is 684. The van der Waals surface area contributed by atoms with E-state index in [0.29, 0.717) is 16.3 Å². The van der Waals surface area contributed by atoms with Gasteiger partial charge in [0.05, 0.1) is 6.54 Å². The number of rotatable bonds is 6. The quantitative estimate of drug-likeness (QED) is 0.849. The summed E-state index contributed by atoms with van der Waals surface area (Å²) in [6.07, 6.45) is 2.10. The normalized spacial score (nSPS) is 10.2. The first-order chi connectivity index (χ1) is 11.1. The zero-order chi connectivity index (χ0) is 16.7. The second-order valence-corrected chi connectivity index (χ2v) is 5.62. The van der Waals surface area contributed by atoms with Crippen molar-refractivity contribution in [3.63, 3.8) is 0 Å². The molecule has 2 amide bonds. The van der Waals surface area contributed by atoms with E-state index in [1.807, 2.05) is 24.3 Å². The molecule has 2 rings (SSSR count). The number of nitrogens with one attached hydrogen (secondary N) is 2. The van der Waals surface area contributed by atoms with Crippen LogP contribution in [0.4, 0.5) is 5.69 Å². The third kappa shape index (κ3) is 5.42. The molecular formula is C18H19ClN2O2. The van der Waals surface area contributed by atoms with E-state index >= 15 is 0 Å². The minimum absolute atomic E-state index is 0.0952. The Kier molecular flexibility index (Phi) is 6.18. The van der Waals surface area contributed by atoms with Gasteiger partial charge in [-0.15, -0.1) is 0 Å². The Labute approximate surface area is 140 Å². The van der Waals surface area contributed by atoms with Crippen LogP contribution in [0.3, 0.4) is 0 Å². The van der Waals surface area contributed by atoms with Gasteiger partial charge in [0.25, 0.3) is 5.91 Å². The first kappa shape index (κ1) is 17.0. The van der Waals surface area contributed by atoms with Gasteiger partial charge in [-0.1, -0.05) is 43.1 Å². The third-order valence-corrected chi connectivity index (χ3v) is 3.51. The lowest BCUT2D eigenvalue weighted by molar-refractivity contribution is -0.115. The van der Waals surface area contributed by atoms with Crippen LogP contribution in [-0.2, 0) is 11.2 Å². The molecule has 0 aliphatic carbocycles. The second-order valence-electron chi connectivity index (χ2n) is 5.19. The Morgan fingerprint density at radius 3 is 2.48 bits per heavy atom. The van der Waals surface area contributed by atoms with Crippen molar-refractivity contribution in [3.8, 4) is 0 Å². The predicted octanol–water partition coefficient (Wildman–Crippen LogP) is 3.66. The fraction of sp³-hybridized carbons (Fsp3) is 0.222. The van der Waals surface area contributed by atoms with E-state index in [1.165, 1.54) is 5.56 Å². The molecule has 0 aliphatic rings. The Hall–Kier alpha value is -2.33. The minimum Gasteiger partial charge on any atom is -0.343 e.